The lowest BCUT2D eigenvalue weighted by Gasteiger charge is -1.97. The third kappa shape index (κ3) is 1.76. The zero-order valence-corrected chi connectivity index (χ0v) is 6.17. The van der Waals surface area contributed by atoms with Crippen LogP contribution in [0.15, 0.2) is 24.3 Å². The summed E-state index contributed by atoms with van der Waals surface area (Å²) in [6.07, 6.45) is 3.21. The van der Waals surface area contributed by atoms with Crippen LogP contribution in [0.4, 0.5) is 5.69 Å². The molecule has 10 heavy (non-hydrogen) atoms. The number of nitrogens with two attached hydrogens (primary N) is 1. The van der Waals surface area contributed by atoms with Crippen LogP contribution in [0.25, 0.3) is 0 Å². The number of benzene rings is 1. The first-order chi connectivity index (χ1) is 4.83. The van der Waals surface area contributed by atoms with Gasteiger partial charge in [-0.15, -0.1) is 0 Å². The highest BCUT2D eigenvalue weighted by atomic mass is 14.5. The van der Waals surface area contributed by atoms with Crippen molar-refractivity contribution in [3.05, 3.63) is 36.2 Å². The molecule has 0 unspecified atom stereocenters. The third-order valence-electron chi connectivity index (χ3n) is 1.35. The molecular formula is C9H12N. The molecule has 0 aliphatic carbocycles. The largest absolute Gasteiger partial charge is 0.399 e. The summed E-state index contributed by atoms with van der Waals surface area (Å²) >= 11 is 0. The quantitative estimate of drug-likeness (QED) is 0.617. The van der Waals surface area contributed by atoms with Gasteiger partial charge in [-0.3, -0.25) is 0 Å². The topological polar surface area (TPSA) is 26.0 Å². The Morgan fingerprint density at radius 1 is 1.50 bits per heavy atom. The van der Waals surface area contributed by atoms with Gasteiger partial charge in [0.2, 0.25) is 0 Å². The number of anilines is 1. The monoisotopic (exact) mass is 134 g/mol. The summed E-state index contributed by atoms with van der Waals surface area (Å²) in [6, 6.07) is 7.90. The van der Waals surface area contributed by atoms with Crippen molar-refractivity contribution < 1.29 is 0 Å². The molecule has 1 aromatic rings. The van der Waals surface area contributed by atoms with Crippen LogP contribution >= 0.6 is 0 Å². The van der Waals surface area contributed by atoms with Gasteiger partial charge in [-0.05, 0) is 30.5 Å². The minimum Gasteiger partial charge on any atom is -0.399 e. The van der Waals surface area contributed by atoms with E-state index in [1.54, 1.807) is 0 Å². The molecule has 0 saturated heterocycles. The first-order valence-corrected chi connectivity index (χ1v) is 3.51. The Morgan fingerprint density at radius 3 is 2.90 bits per heavy atom. The summed E-state index contributed by atoms with van der Waals surface area (Å²) in [6.45, 7) is 2.11. The van der Waals surface area contributed by atoms with Crippen molar-refractivity contribution >= 4 is 5.69 Å². The fourth-order valence-electron chi connectivity index (χ4n) is 0.922. The molecule has 1 radical (unpaired) electrons. The maximum Gasteiger partial charge on any atom is 0.0316 e. The summed E-state index contributed by atoms with van der Waals surface area (Å²) in [7, 11) is 0. The number of hydrogen-bond donors (Lipinski definition) is 1. The lowest BCUT2D eigenvalue weighted by atomic mass is 10.1. The van der Waals surface area contributed by atoms with Crippen molar-refractivity contribution in [2.45, 2.75) is 13.3 Å². The third-order valence-corrected chi connectivity index (χ3v) is 1.35. The summed E-state index contributed by atoms with van der Waals surface area (Å²) < 4.78 is 0. The van der Waals surface area contributed by atoms with Gasteiger partial charge in [-0.25, -0.2) is 0 Å². The summed E-state index contributed by atoms with van der Waals surface area (Å²) in [5.74, 6) is 0. The zero-order chi connectivity index (χ0) is 7.40. The summed E-state index contributed by atoms with van der Waals surface area (Å²) in [4.78, 5) is 0. The Kier molecular flexibility index (Phi) is 2.32. The van der Waals surface area contributed by atoms with Gasteiger partial charge in [0, 0.05) is 5.69 Å². The van der Waals surface area contributed by atoms with E-state index in [2.05, 4.69) is 19.4 Å². The minimum absolute atomic E-state index is 0.835. The van der Waals surface area contributed by atoms with E-state index in [-0.39, 0.29) is 0 Å². The lowest BCUT2D eigenvalue weighted by molar-refractivity contribution is 1.12. The molecule has 1 nitrogen and oxygen atoms in total. The highest BCUT2D eigenvalue weighted by Gasteiger charge is 1.89. The molecule has 0 bridgehead atoms. The minimum atomic E-state index is 0.835. The molecule has 0 spiro atoms. The van der Waals surface area contributed by atoms with Gasteiger partial charge in [0.25, 0.3) is 0 Å². The number of hydrogen-bond acceptors (Lipinski definition) is 1. The molecule has 0 heterocycles. The predicted molar refractivity (Wildman–Crippen MR) is 44.5 cm³/mol. The van der Waals surface area contributed by atoms with Crippen LogP contribution in [0.3, 0.4) is 0 Å². The molecular weight excluding hydrogens is 122 g/mol. The van der Waals surface area contributed by atoms with E-state index in [0.29, 0.717) is 0 Å². The molecule has 1 rings (SSSR count). The Labute approximate surface area is 61.9 Å². The van der Waals surface area contributed by atoms with Crippen LogP contribution in [0.1, 0.15) is 18.9 Å². The fourth-order valence-corrected chi connectivity index (χ4v) is 0.922. The van der Waals surface area contributed by atoms with Crippen LogP contribution in [0.2, 0.25) is 0 Å². The van der Waals surface area contributed by atoms with E-state index in [1.165, 1.54) is 5.56 Å². The van der Waals surface area contributed by atoms with Crippen molar-refractivity contribution in [2.24, 2.45) is 0 Å². The second-order valence-electron chi connectivity index (χ2n) is 2.28. The standard InChI is InChI=1S/C9H12N/c1-2-4-8-5-3-6-9(10)7-8/h3-7H,2,10H2,1H3. The van der Waals surface area contributed by atoms with Crippen molar-refractivity contribution in [3.8, 4) is 0 Å². The van der Waals surface area contributed by atoms with Gasteiger partial charge in [0.05, 0.1) is 0 Å². The van der Waals surface area contributed by atoms with E-state index < -0.39 is 0 Å². The van der Waals surface area contributed by atoms with Gasteiger partial charge >= 0.3 is 0 Å². The molecule has 0 aromatic heterocycles. The first kappa shape index (κ1) is 7.13. The molecule has 53 valence electrons. The molecule has 1 heteroatoms. The maximum absolute atomic E-state index is 5.57. The van der Waals surface area contributed by atoms with Gasteiger partial charge in [-0.2, -0.15) is 0 Å². The first-order valence-electron chi connectivity index (χ1n) is 3.51. The summed E-state index contributed by atoms with van der Waals surface area (Å²) in [5.41, 5.74) is 7.61. The molecule has 2 N–H and O–H groups in total. The van der Waals surface area contributed by atoms with Crippen molar-refractivity contribution in [1.29, 1.82) is 0 Å². The van der Waals surface area contributed by atoms with Gasteiger partial charge in [0.1, 0.15) is 0 Å². The zero-order valence-electron chi connectivity index (χ0n) is 6.17. The SMILES string of the molecule is CC[CH]c1cccc(N)c1. The maximum atomic E-state index is 5.57. The van der Waals surface area contributed by atoms with Crippen molar-refractivity contribution in [1.82, 2.24) is 0 Å². The predicted octanol–water partition coefficient (Wildman–Crippen LogP) is 2.23. The van der Waals surface area contributed by atoms with E-state index in [9.17, 15) is 0 Å². The molecule has 0 fully saturated rings. The Morgan fingerprint density at radius 2 is 2.30 bits per heavy atom. The van der Waals surface area contributed by atoms with E-state index in [1.807, 2.05) is 18.2 Å². The summed E-state index contributed by atoms with van der Waals surface area (Å²) in [5, 5.41) is 0. The number of rotatable bonds is 2. The van der Waals surface area contributed by atoms with Gasteiger partial charge < -0.3 is 5.73 Å². The molecule has 1 aromatic carbocycles. The fraction of sp³-hybridized carbons (Fsp3) is 0.222. The highest BCUT2D eigenvalue weighted by Crippen LogP contribution is 2.09. The normalized spacial score (nSPS) is 9.70. The Balaban J connectivity index is 2.75. The van der Waals surface area contributed by atoms with Gasteiger partial charge in [0.15, 0.2) is 0 Å². The Bertz CT molecular complexity index is 206. The average molecular weight is 134 g/mol. The molecule has 0 aliphatic rings. The van der Waals surface area contributed by atoms with Crippen LogP contribution in [-0.4, -0.2) is 0 Å². The molecule has 0 saturated carbocycles. The molecule has 0 amide bonds. The van der Waals surface area contributed by atoms with Gasteiger partial charge in [-0.1, -0.05) is 19.1 Å². The van der Waals surface area contributed by atoms with Crippen LogP contribution in [0, 0.1) is 6.42 Å². The Hall–Kier alpha value is -0.980. The van der Waals surface area contributed by atoms with Crippen LogP contribution in [-0.2, 0) is 0 Å². The smallest absolute Gasteiger partial charge is 0.0316 e. The van der Waals surface area contributed by atoms with Crippen LogP contribution < -0.4 is 5.73 Å². The number of nitrogen functional groups attached to an aromatic ring is 1. The van der Waals surface area contributed by atoms with E-state index >= 15 is 0 Å². The molecule has 0 atom stereocenters. The second kappa shape index (κ2) is 3.25. The van der Waals surface area contributed by atoms with Crippen LogP contribution in [0.5, 0.6) is 0 Å². The van der Waals surface area contributed by atoms with E-state index in [4.69, 9.17) is 5.73 Å². The lowest BCUT2D eigenvalue weighted by Crippen LogP contribution is -1.85. The average Bonchev–Trinajstić information content (AvgIpc) is 1.88. The van der Waals surface area contributed by atoms with Crippen molar-refractivity contribution in [2.75, 3.05) is 5.73 Å². The highest BCUT2D eigenvalue weighted by molar-refractivity contribution is 5.42. The van der Waals surface area contributed by atoms with Crippen molar-refractivity contribution in [3.63, 3.8) is 0 Å². The molecule has 0 aliphatic heterocycles. The van der Waals surface area contributed by atoms with E-state index in [0.717, 1.165) is 12.1 Å². The second-order valence-corrected chi connectivity index (χ2v) is 2.28.